The Labute approximate surface area is 190 Å². The largest absolute Gasteiger partial charge is 1.00 e. The fourth-order valence-electron chi connectivity index (χ4n) is 2.69. The van der Waals surface area contributed by atoms with E-state index in [0.717, 1.165) is 32.1 Å². The van der Waals surface area contributed by atoms with E-state index in [9.17, 15) is 13.2 Å². The monoisotopic (exact) mass is 413 g/mol. The molecular weight excluding hydrogens is 373 g/mol. The number of unbranched alkanes of at least 4 members (excludes halogenated alkanes) is 11. The maximum atomic E-state index is 11.5. The summed E-state index contributed by atoms with van der Waals surface area (Å²) in [4.78, 5) is 11.5. The topological polar surface area (TPSA) is 86.5 Å². The first-order chi connectivity index (χ1) is 12.5. The van der Waals surface area contributed by atoms with Crippen molar-refractivity contribution in [2.45, 2.75) is 96.8 Å². The van der Waals surface area contributed by atoms with Crippen molar-refractivity contribution < 1.29 is 48.4 Å². The Hall–Kier alpha value is 0.280. The summed E-state index contributed by atoms with van der Waals surface area (Å²) >= 11 is 0. The van der Waals surface area contributed by atoms with E-state index < -0.39 is 15.2 Å². The molecule has 7 heteroatoms. The second-order valence-corrected chi connectivity index (χ2v) is 8.37. The molecule has 0 bridgehead atoms. The third kappa shape index (κ3) is 19.4. The smallest absolute Gasteiger partial charge is 1.00 e. The molecule has 0 aromatic heterocycles. The molecule has 0 atom stereocenters. The van der Waals surface area contributed by atoms with Crippen molar-refractivity contribution >= 4 is 15.2 Å². The Morgan fingerprint density at radius 3 is 1.89 bits per heavy atom. The Kier molecular flexibility index (Phi) is 22.9. The van der Waals surface area contributed by atoms with Crippen LogP contribution in [-0.2, 0) is 19.1 Å². The van der Waals surface area contributed by atoms with Gasteiger partial charge in [0.25, 0.3) is 5.12 Å². The maximum absolute atomic E-state index is 11.5. The number of carbonyl (C=O) groups excluding carboxylic acids is 1. The van der Waals surface area contributed by atoms with Gasteiger partial charge in [-0.05, 0) is 32.1 Å². The van der Waals surface area contributed by atoms with Gasteiger partial charge in [0.1, 0.15) is 0 Å². The third-order valence-corrected chi connectivity index (χ3v) is 5.52. The van der Waals surface area contributed by atoms with Crippen molar-refractivity contribution in [3.63, 3.8) is 0 Å². The molecule has 0 spiro atoms. The number of hydrogen-bond acceptors (Lipinski definition) is 5. The van der Waals surface area contributed by atoms with E-state index in [1.807, 2.05) is 0 Å². The molecule has 0 aromatic rings. The third-order valence-electron chi connectivity index (χ3n) is 4.28. The van der Waals surface area contributed by atoms with Crippen LogP contribution in [0.25, 0.3) is 0 Å². The van der Waals surface area contributed by atoms with E-state index >= 15 is 0 Å². The van der Waals surface area contributed by atoms with Crippen LogP contribution in [0.15, 0.2) is 12.2 Å². The summed E-state index contributed by atoms with van der Waals surface area (Å²) in [5.41, 5.74) is 5.17. The summed E-state index contributed by atoms with van der Waals surface area (Å²) in [6.45, 7) is 2.19. The van der Waals surface area contributed by atoms with E-state index in [0.29, 0.717) is 6.42 Å². The van der Waals surface area contributed by atoms with Crippen molar-refractivity contribution in [3.8, 4) is 0 Å². The predicted octanol–water partition coefficient (Wildman–Crippen LogP) is 1.97. The van der Waals surface area contributed by atoms with Gasteiger partial charge in [-0.3, -0.25) is 8.98 Å². The van der Waals surface area contributed by atoms with Gasteiger partial charge in [0, 0.05) is 13.0 Å². The van der Waals surface area contributed by atoms with Crippen molar-refractivity contribution in [1.29, 1.82) is 0 Å². The normalized spacial score (nSPS) is 11.6. The Morgan fingerprint density at radius 1 is 0.889 bits per heavy atom. The van der Waals surface area contributed by atoms with Gasteiger partial charge in [-0.15, -0.1) is 0 Å². The first-order valence-electron chi connectivity index (χ1n) is 10.3. The minimum Gasteiger partial charge on any atom is -1.00 e. The summed E-state index contributed by atoms with van der Waals surface area (Å²) in [7, 11) is -4.07. The second-order valence-electron chi connectivity index (χ2n) is 6.77. The molecule has 0 fully saturated rings. The van der Waals surface area contributed by atoms with Gasteiger partial charge in [-0.25, -0.2) is 0 Å². The molecule has 0 radical (unpaired) electrons. The van der Waals surface area contributed by atoms with Crippen LogP contribution >= 0.6 is 0 Å². The van der Waals surface area contributed by atoms with Crippen LogP contribution in [0.5, 0.6) is 0 Å². The number of allylic oxidation sites excluding steroid dienone is 2. The van der Waals surface area contributed by atoms with Crippen LogP contribution in [0, 0.1) is 0 Å². The van der Waals surface area contributed by atoms with Gasteiger partial charge in [0.05, 0.1) is 6.61 Å². The molecule has 2 N–H and O–H groups in total. The fraction of sp³-hybridized carbons (Fsp3) is 0.850. The zero-order valence-corrected chi connectivity index (χ0v) is 20.4. The molecule has 0 aliphatic carbocycles. The zero-order chi connectivity index (χ0) is 19.5. The average molecular weight is 414 g/mol. The van der Waals surface area contributed by atoms with Crippen LogP contribution in [0.2, 0.25) is 0 Å². The molecule has 0 unspecified atom stereocenters. The molecule has 27 heavy (non-hydrogen) atoms. The number of hydrogen-bond donors (Lipinski definition) is 1. The first-order valence-corrected chi connectivity index (χ1v) is 11.7. The van der Waals surface area contributed by atoms with Crippen molar-refractivity contribution in [2.24, 2.45) is 5.73 Å². The van der Waals surface area contributed by atoms with Crippen LogP contribution in [0.4, 0.5) is 0 Å². The number of nitrogens with two attached hydrogens (primary N) is 1. The molecule has 0 saturated carbocycles. The Bertz CT molecular complexity index is 473. The Morgan fingerprint density at radius 2 is 1.37 bits per heavy atom. The van der Waals surface area contributed by atoms with Gasteiger partial charge in [0.2, 0.25) is 0 Å². The number of rotatable bonds is 18. The van der Waals surface area contributed by atoms with Crippen LogP contribution in [0.3, 0.4) is 0 Å². The van der Waals surface area contributed by atoms with Gasteiger partial charge in [0.15, 0.2) is 0 Å². The minimum absolute atomic E-state index is 0. The van der Waals surface area contributed by atoms with Gasteiger partial charge in [-0.2, -0.15) is 8.42 Å². The minimum atomic E-state index is -4.07. The molecule has 5 nitrogen and oxygen atoms in total. The SMILES string of the molecule is CCCCCCCC/C=C\CCCCCCCC(=O)S(=O)(=O)OCCN.[H-].[Na+]. The number of carbonyl (C=O) groups is 1. The summed E-state index contributed by atoms with van der Waals surface area (Å²) in [5, 5.41) is -0.830. The molecule has 0 amide bonds. The molecule has 0 aromatic carbocycles. The van der Waals surface area contributed by atoms with Crippen molar-refractivity contribution in [1.82, 2.24) is 0 Å². The predicted molar refractivity (Wildman–Crippen MR) is 109 cm³/mol. The van der Waals surface area contributed by atoms with Crippen LogP contribution in [0.1, 0.15) is 98.2 Å². The fourth-order valence-corrected chi connectivity index (χ4v) is 3.53. The zero-order valence-electron chi connectivity index (χ0n) is 18.6. The van der Waals surface area contributed by atoms with E-state index in [4.69, 9.17) is 5.73 Å². The summed E-state index contributed by atoms with van der Waals surface area (Å²) in [5.74, 6) is 0. The molecule has 156 valence electrons. The van der Waals surface area contributed by atoms with Crippen molar-refractivity contribution in [3.05, 3.63) is 12.2 Å². The molecule has 0 aliphatic heterocycles. The molecule has 0 aliphatic rings. The quantitative estimate of drug-likeness (QED) is 0.161. The second kappa shape index (κ2) is 21.0. The van der Waals surface area contributed by atoms with E-state index in [1.165, 1.54) is 44.9 Å². The summed E-state index contributed by atoms with van der Waals surface area (Å²) in [6, 6.07) is 0. The molecular formula is C20H40NNaO4S. The van der Waals surface area contributed by atoms with Crippen LogP contribution < -0.4 is 35.3 Å². The van der Waals surface area contributed by atoms with Crippen LogP contribution in [-0.4, -0.2) is 26.7 Å². The average Bonchev–Trinajstić information content (AvgIpc) is 2.63. The van der Waals surface area contributed by atoms with Gasteiger partial charge >= 0.3 is 39.7 Å². The summed E-state index contributed by atoms with van der Waals surface area (Å²) in [6.07, 6.45) is 19.7. The molecule has 0 saturated heterocycles. The Balaban J connectivity index is -0.00000312. The van der Waals surface area contributed by atoms with Crippen molar-refractivity contribution in [2.75, 3.05) is 13.2 Å². The molecule has 0 heterocycles. The van der Waals surface area contributed by atoms with E-state index in [2.05, 4.69) is 23.3 Å². The maximum Gasteiger partial charge on any atom is 1.00 e. The first kappa shape index (κ1) is 29.5. The van der Waals surface area contributed by atoms with Gasteiger partial charge in [-0.1, -0.05) is 70.4 Å². The van der Waals surface area contributed by atoms with Gasteiger partial charge < -0.3 is 7.16 Å². The standard InChI is InChI=1S/C20H39NO4S.Na.H/c1-2-3-4-5-6-7-8-9-10-11-12-13-14-15-16-17-20(22)26(23,24)25-19-18-21;;/h9-10H,2-8,11-19,21H2,1H3;;/q;+1;-1/b10-9-;;. The van der Waals surface area contributed by atoms with E-state index in [1.54, 1.807) is 0 Å². The summed E-state index contributed by atoms with van der Waals surface area (Å²) < 4.78 is 27.4. The van der Waals surface area contributed by atoms with E-state index in [-0.39, 0.29) is 50.6 Å². The molecule has 0 rings (SSSR count).